The van der Waals surface area contributed by atoms with E-state index >= 15 is 0 Å². The minimum absolute atomic E-state index is 0.195. The molecule has 2 aliphatic rings. The van der Waals surface area contributed by atoms with Crippen molar-refractivity contribution in [2.75, 3.05) is 20.3 Å². The van der Waals surface area contributed by atoms with Crippen molar-refractivity contribution >= 4 is 0 Å². The van der Waals surface area contributed by atoms with E-state index in [2.05, 4.69) is 4.98 Å². The van der Waals surface area contributed by atoms with Crippen LogP contribution < -0.4 is 11.2 Å². The molecular weight excluding hydrogens is 270 g/mol. The van der Waals surface area contributed by atoms with E-state index < -0.39 is 41.8 Å². The maximum absolute atomic E-state index is 11.8. The number of aromatic amines is 1. The Morgan fingerprint density at radius 2 is 2.35 bits per heavy atom. The summed E-state index contributed by atoms with van der Waals surface area (Å²) < 4.78 is 6.83. The number of hydrogen-bond acceptors (Lipinski definition) is 7. The number of hydrogen-bond donors (Lipinski definition) is 3. The molecule has 1 aromatic rings. The van der Waals surface area contributed by atoms with Gasteiger partial charge in [0.2, 0.25) is 0 Å². The number of morpholine rings is 1. The molecule has 4 atom stereocenters. The SMILES string of the molecule is CON1C[C@]2(CO)O[C@@H](n3ccc(=O)[nH]c3=O)[C@H]1[C@@H]2O. The predicted molar refractivity (Wildman–Crippen MR) is 64.8 cm³/mol. The average Bonchev–Trinajstić information content (AvgIpc) is 2.87. The Bertz CT molecular complexity index is 627. The quantitative estimate of drug-likeness (QED) is 0.557. The second-order valence-corrected chi connectivity index (χ2v) is 4.94. The summed E-state index contributed by atoms with van der Waals surface area (Å²) in [4.78, 5) is 30.2. The van der Waals surface area contributed by atoms with E-state index in [4.69, 9.17) is 9.57 Å². The third-order valence-electron chi connectivity index (χ3n) is 3.89. The Hall–Kier alpha value is -1.52. The normalized spacial score (nSPS) is 36.6. The zero-order valence-electron chi connectivity index (χ0n) is 10.7. The van der Waals surface area contributed by atoms with Gasteiger partial charge in [-0.05, 0) is 0 Å². The second-order valence-electron chi connectivity index (χ2n) is 4.94. The molecule has 20 heavy (non-hydrogen) atoms. The summed E-state index contributed by atoms with van der Waals surface area (Å²) in [5, 5.41) is 21.2. The third kappa shape index (κ3) is 1.68. The van der Waals surface area contributed by atoms with Gasteiger partial charge in [0.15, 0.2) is 6.23 Å². The van der Waals surface area contributed by atoms with E-state index in [-0.39, 0.29) is 6.54 Å². The van der Waals surface area contributed by atoms with Crippen molar-refractivity contribution < 1.29 is 19.8 Å². The predicted octanol–water partition coefficient (Wildman–Crippen LogP) is -2.60. The molecule has 0 aliphatic carbocycles. The lowest BCUT2D eigenvalue weighted by atomic mass is 10.0. The van der Waals surface area contributed by atoms with Gasteiger partial charge in [-0.15, -0.1) is 0 Å². The van der Waals surface area contributed by atoms with Crippen LogP contribution in [0.2, 0.25) is 0 Å². The van der Waals surface area contributed by atoms with Crippen molar-refractivity contribution in [1.82, 2.24) is 14.6 Å². The highest BCUT2D eigenvalue weighted by molar-refractivity contribution is 5.11. The van der Waals surface area contributed by atoms with Gasteiger partial charge in [0.05, 0.1) is 20.3 Å². The fraction of sp³-hybridized carbons (Fsp3) is 0.636. The molecule has 3 N–H and O–H groups in total. The van der Waals surface area contributed by atoms with Gasteiger partial charge < -0.3 is 19.8 Å². The molecule has 2 bridgehead atoms. The standard InChI is InChI=1S/C11H15N3O6/c1-19-14-4-11(5-15)8(17)7(14)9(20-11)13-3-2-6(16)12-10(13)18/h2-3,7-9,15,17H,4-5H2,1H3,(H,12,16,18)/t7-,8+,9-,11-/m1/s1. The maximum Gasteiger partial charge on any atom is 0.330 e. The molecule has 2 saturated heterocycles. The van der Waals surface area contributed by atoms with Crippen LogP contribution in [0.15, 0.2) is 21.9 Å². The first-order valence-electron chi connectivity index (χ1n) is 6.11. The zero-order valence-corrected chi connectivity index (χ0v) is 10.7. The van der Waals surface area contributed by atoms with Gasteiger partial charge >= 0.3 is 5.69 Å². The highest BCUT2D eigenvalue weighted by Gasteiger charge is 2.64. The Kier molecular flexibility index (Phi) is 3.03. The number of hydroxylamine groups is 2. The Labute approximate surface area is 112 Å². The van der Waals surface area contributed by atoms with Gasteiger partial charge in [-0.2, -0.15) is 5.06 Å². The lowest BCUT2D eigenvalue weighted by Gasteiger charge is -2.35. The van der Waals surface area contributed by atoms with E-state index in [1.54, 1.807) is 0 Å². The summed E-state index contributed by atoms with van der Waals surface area (Å²) in [6, 6.07) is 0.544. The van der Waals surface area contributed by atoms with Crippen molar-refractivity contribution in [1.29, 1.82) is 0 Å². The van der Waals surface area contributed by atoms with Crippen molar-refractivity contribution in [3.05, 3.63) is 33.1 Å². The largest absolute Gasteiger partial charge is 0.393 e. The van der Waals surface area contributed by atoms with Gasteiger partial charge in [-0.25, -0.2) is 4.79 Å². The molecule has 3 rings (SSSR count). The smallest absolute Gasteiger partial charge is 0.330 e. The summed E-state index contributed by atoms with van der Waals surface area (Å²) in [5.41, 5.74) is -2.36. The first kappa shape index (κ1) is 13.5. The van der Waals surface area contributed by atoms with Crippen LogP contribution in [0.4, 0.5) is 0 Å². The Morgan fingerprint density at radius 1 is 1.60 bits per heavy atom. The van der Waals surface area contributed by atoms with E-state index in [1.165, 1.54) is 24.4 Å². The molecule has 2 fully saturated rings. The van der Waals surface area contributed by atoms with Gasteiger partial charge in [-0.3, -0.25) is 14.3 Å². The van der Waals surface area contributed by atoms with Crippen molar-refractivity contribution in [2.24, 2.45) is 0 Å². The van der Waals surface area contributed by atoms with E-state index in [0.29, 0.717) is 0 Å². The molecule has 9 nitrogen and oxygen atoms in total. The summed E-state index contributed by atoms with van der Waals surface area (Å²) in [5.74, 6) is 0. The highest BCUT2D eigenvalue weighted by Crippen LogP contribution is 2.45. The van der Waals surface area contributed by atoms with Gasteiger partial charge in [0.25, 0.3) is 5.56 Å². The molecule has 0 unspecified atom stereocenters. The van der Waals surface area contributed by atoms with Crippen LogP contribution >= 0.6 is 0 Å². The number of nitrogens with one attached hydrogen (secondary N) is 1. The molecule has 0 spiro atoms. The lowest BCUT2D eigenvalue weighted by Crippen LogP contribution is -2.49. The van der Waals surface area contributed by atoms with Crippen LogP contribution in [-0.2, 0) is 9.57 Å². The summed E-state index contributed by atoms with van der Waals surface area (Å²) >= 11 is 0. The topological polar surface area (TPSA) is 117 Å². The molecular formula is C11H15N3O6. The fourth-order valence-electron chi connectivity index (χ4n) is 2.86. The molecule has 0 aromatic carbocycles. The minimum Gasteiger partial charge on any atom is -0.393 e. The molecule has 0 saturated carbocycles. The van der Waals surface area contributed by atoms with E-state index in [1.807, 2.05) is 0 Å². The van der Waals surface area contributed by atoms with Crippen LogP contribution in [0.1, 0.15) is 6.23 Å². The lowest BCUT2D eigenvalue weighted by molar-refractivity contribution is -0.240. The highest BCUT2D eigenvalue weighted by atomic mass is 16.7. The number of fused-ring (bicyclic) bond motifs is 2. The van der Waals surface area contributed by atoms with Crippen LogP contribution in [0.25, 0.3) is 0 Å². The van der Waals surface area contributed by atoms with E-state index in [9.17, 15) is 19.8 Å². The number of nitrogens with zero attached hydrogens (tertiary/aromatic N) is 2. The van der Waals surface area contributed by atoms with Gasteiger partial charge in [-0.1, -0.05) is 0 Å². The minimum atomic E-state index is -1.19. The number of aliphatic hydroxyl groups is 2. The molecule has 0 amide bonds. The Morgan fingerprint density at radius 3 is 2.90 bits per heavy atom. The number of H-pyrrole nitrogens is 1. The third-order valence-corrected chi connectivity index (χ3v) is 3.89. The van der Waals surface area contributed by atoms with Crippen molar-refractivity contribution in [2.45, 2.75) is 24.0 Å². The molecule has 2 aliphatic heterocycles. The average molecular weight is 285 g/mol. The molecule has 0 radical (unpaired) electrons. The number of aliphatic hydroxyl groups excluding tert-OH is 2. The zero-order chi connectivity index (χ0) is 14.5. The molecule has 1 aromatic heterocycles. The fourth-order valence-corrected chi connectivity index (χ4v) is 2.86. The van der Waals surface area contributed by atoms with Crippen LogP contribution in [0.3, 0.4) is 0 Å². The van der Waals surface area contributed by atoms with E-state index in [0.717, 1.165) is 4.57 Å². The van der Waals surface area contributed by atoms with Crippen LogP contribution in [0, 0.1) is 0 Å². The number of ether oxygens (including phenoxy) is 1. The van der Waals surface area contributed by atoms with Crippen molar-refractivity contribution in [3.63, 3.8) is 0 Å². The molecule has 3 heterocycles. The first-order chi connectivity index (χ1) is 9.52. The molecule has 110 valence electrons. The van der Waals surface area contributed by atoms with Crippen LogP contribution in [0.5, 0.6) is 0 Å². The summed E-state index contributed by atoms with van der Waals surface area (Å²) in [7, 11) is 1.44. The van der Waals surface area contributed by atoms with Crippen molar-refractivity contribution in [3.8, 4) is 0 Å². The first-order valence-corrected chi connectivity index (χ1v) is 6.11. The van der Waals surface area contributed by atoms with Crippen LogP contribution in [-0.4, -0.2) is 62.8 Å². The summed E-state index contributed by atoms with van der Waals surface area (Å²) in [6.07, 6.45) is -0.565. The second kappa shape index (κ2) is 4.50. The number of rotatable bonds is 3. The summed E-state index contributed by atoms with van der Waals surface area (Å²) in [6.45, 7) is -0.209. The monoisotopic (exact) mass is 285 g/mol. The maximum atomic E-state index is 11.8. The van der Waals surface area contributed by atoms with Gasteiger partial charge in [0.1, 0.15) is 17.7 Å². The Balaban J connectivity index is 2.04. The molecule has 9 heteroatoms. The van der Waals surface area contributed by atoms with Gasteiger partial charge in [0, 0.05) is 12.3 Å². The number of aromatic nitrogens is 2.